The van der Waals surface area contributed by atoms with Crippen molar-refractivity contribution in [1.82, 2.24) is 9.13 Å². The second-order valence-corrected chi connectivity index (χ2v) is 20.7. The summed E-state index contributed by atoms with van der Waals surface area (Å²) in [5.41, 5.74) is 18.9. The molecule has 16 rings (SSSR count). The van der Waals surface area contributed by atoms with Crippen molar-refractivity contribution in [3.05, 3.63) is 279 Å². The Morgan fingerprint density at radius 2 is 0.592 bits per heavy atom. The summed E-state index contributed by atoms with van der Waals surface area (Å²) in [5.74, 6) is 0. The molecule has 0 radical (unpaired) electrons. The van der Waals surface area contributed by atoms with E-state index in [0.29, 0.717) is 0 Å². The van der Waals surface area contributed by atoms with Crippen molar-refractivity contribution < 1.29 is 4.42 Å². The first-order chi connectivity index (χ1) is 37.7. The fraction of sp³-hybridized carbons (Fsp3) is 0. The Hall–Kier alpha value is -9.74. The molecule has 0 N–H and O–H groups in total. The first-order valence-corrected chi connectivity index (χ1v) is 26.7. The van der Waals surface area contributed by atoms with Crippen LogP contribution in [0.25, 0.3) is 142 Å². The molecule has 4 aromatic heterocycles. The minimum atomic E-state index is 0.923. The number of para-hydroxylation sites is 3. The molecule has 76 heavy (non-hydrogen) atoms. The minimum Gasteiger partial charge on any atom is -0.456 e. The zero-order chi connectivity index (χ0) is 50.1. The van der Waals surface area contributed by atoms with Crippen molar-refractivity contribution in [3.63, 3.8) is 0 Å². The van der Waals surface area contributed by atoms with Gasteiger partial charge in [0.15, 0.2) is 0 Å². The van der Waals surface area contributed by atoms with Gasteiger partial charge in [0, 0.05) is 63.9 Å². The van der Waals surface area contributed by atoms with Gasteiger partial charge in [0.1, 0.15) is 11.2 Å². The lowest BCUT2D eigenvalue weighted by Crippen LogP contribution is -1.93. The smallest absolute Gasteiger partial charge is 0.135 e. The van der Waals surface area contributed by atoms with E-state index in [-0.39, 0.29) is 0 Å². The Morgan fingerprint density at radius 3 is 1.16 bits per heavy atom. The summed E-state index contributed by atoms with van der Waals surface area (Å²) < 4.78 is 13.5. The fourth-order valence-corrected chi connectivity index (χ4v) is 12.6. The third kappa shape index (κ3) is 7.41. The van der Waals surface area contributed by atoms with Crippen molar-refractivity contribution in [2.75, 3.05) is 0 Å². The van der Waals surface area contributed by atoms with Gasteiger partial charge in [0.2, 0.25) is 0 Å². The van der Waals surface area contributed by atoms with Crippen LogP contribution < -0.4 is 0 Å². The van der Waals surface area contributed by atoms with Crippen LogP contribution in [0.2, 0.25) is 0 Å². The van der Waals surface area contributed by atoms with Gasteiger partial charge in [-0.05, 0) is 142 Å². The van der Waals surface area contributed by atoms with E-state index < -0.39 is 0 Å². The molecule has 4 heterocycles. The largest absolute Gasteiger partial charge is 0.456 e. The van der Waals surface area contributed by atoms with Gasteiger partial charge in [-0.2, -0.15) is 0 Å². The van der Waals surface area contributed by atoms with Crippen molar-refractivity contribution >= 4 is 97.1 Å². The molecule has 0 aliphatic heterocycles. The maximum absolute atomic E-state index is 6.06. The third-order valence-corrected chi connectivity index (χ3v) is 16.4. The monoisotopic (exact) mass is 986 g/mol. The fourth-order valence-electron chi connectivity index (χ4n) is 11.5. The Labute approximate surface area is 443 Å². The van der Waals surface area contributed by atoms with Crippen LogP contribution in [-0.4, -0.2) is 9.13 Å². The van der Waals surface area contributed by atoms with Gasteiger partial charge in [-0.3, -0.25) is 0 Å². The molecule has 0 bridgehead atoms. The molecule has 0 saturated heterocycles. The predicted molar refractivity (Wildman–Crippen MR) is 323 cm³/mol. The molecule has 356 valence electrons. The number of fused-ring (bicyclic) bond motifs is 12. The average Bonchev–Trinajstić information content (AvgIpc) is 4.28. The molecule has 0 saturated carbocycles. The number of aromatic nitrogens is 2. The quantitative estimate of drug-likeness (QED) is 0.163. The molecular formula is C72H46N2OS. The summed E-state index contributed by atoms with van der Waals surface area (Å²) in [6.45, 7) is 0. The van der Waals surface area contributed by atoms with E-state index in [0.717, 1.165) is 27.6 Å². The summed E-state index contributed by atoms with van der Waals surface area (Å²) in [6, 6.07) is 100. The van der Waals surface area contributed by atoms with Crippen molar-refractivity contribution in [2.45, 2.75) is 0 Å². The van der Waals surface area contributed by atoms with Gasteiger partial charge in [-0.25, -0.2) is 0 Å². The molecule has 3 nitrogen and oxygen atoms in total. The molecular weight excluding hydrogens is 941 g/mol. The summed E-state index contributed by atoms with van der Waals surface area (Å²) in [4.78, 5) is 0. The van der Waals surface area contributed by atoms with Crippen LogP contribution in [0.1, 0.15) is 0 Å². The number of thiophene rings is 1. The number of hydrogen-bond acceptors (Lipinski definition) is 2. The highest BCUT2D eigenvalue weighted by atomic mass is 32.1. The SMILES string of the molecule is c1ccc(-c2ccc(-n3c4ccccc4c4cc(-c5ccc6oc7ccccc7c6c5)ccc43)cc2)cc1.c1ccc(-c2ccc(-n3c4ccccc4c4cc(-c5ccc6sc7ccccc7c6c5)ccc43)cc2)cc1. The van der Waals surface area contributed by atoms with Crippen LogP contribution in [0.4, 0.5) is 0 Å². The topological polar surface area (TPSA) is 23.0 Å². The lowest BCUT2D eigenvalue weighted by Gasteiger charge is -2.10. The Balaban J connectivity index is 0.000000133. The van der Waals surface area contributed by atoms with E-state index in [1.807, 2.05) is 23.5 Å². The number of furan rings is 1. The molecule has 0 amide bonds. The Morgan fingerprint density at radius 1 is 0.224 bits per heavy atom. The highest BCUT2D eigenvalue weighted by Gasteiger charge is 2.17. The molecule has 12 aromatic carbocycles. The highest BCUT2D eigenvalue weighted by molar-refractivity contribution is 7.25. The molecule has 0 spiro atoms. The van der Waals surface area contributed by atoms with Gasteiger partial charge in [0.25, 0.3) is 0 Å². The van der Waals surface area contributed by atoms with Crippen LogP contribution in [-0.2, 0) is 0 Å². The van der Waals surface area contributed by atoms with Crippen molar-refractivity contribution in [1.29, 1.82) is 0 Å². The highest BCUT2D eigenvalue weighted by Crippen LogP contribution is 2.41. The number of hydrogen-bond donors (Lipinski definition) is 0. The number of benzene rings is 12. The lowest BCUT2D eigenvalue weighted by molar-refractivity contribution is 0.669. The average molecular weight is 987 g/mol. The number of nitrogens with zero attached hydrogens (tertiary/aromatic N) is 2. The van der Waals surface area contributed by atoms with Gasteiger partial charge in [-0.15, -0.1) is 11.3 Å². The van der Waals surface area contributed by atoms with Gasteiger partial charge >= 0.3 is 0 Å². The molecule has 0 unspecified atom stereocenters. The van der Waals surface area contributed by atoms with E-state index in [1.54, 1.807) is 0 Å². The predicted octanol–water partition coefficient (Wildman–Crippen LogP) is 20.5. The maximum atomic E-state index is 6.06. The van der Waals surface area contributed by atoms with E-state index in [1.165, 1.54) is 114 Å². The van der Waals surface area contributed by atoms with Gasteiger partial charge in [0.05, 0.1) is 22.1 Å². The third-order valence-electron chi connectivity index (χ3n) is 15.2. The summed E-state index contributed by atoms with van der Waals surface area (Å²) >= 11 is 1.87. The summed E-state index contributed by atoms with van der Waals surface area (Å²) in [7, 11) is 0. The second kappa shape index (κ2) is 18.0. The molecule has 0 atom stereocenters. The van der Waals surface area contributed by atoms with Crippen LogP contribution in [0, 0.1) is 0 Å². The maximum Gasteiger partial charge on any atom is 0.135 e. The minimum absolute atomic E-state index is 0.923. The zero-order valence-corrected chi connectivity index (χ0v) is 42.1. The zero-order valence-electron chi connectivity index (χ0n) is 41.3. The van der Waals surface area contributed by atoms with E-state index in [2.05, 4.69) is 276 Å². The van der Waals surface area contributed by atoms with E-state index >= 15 is 0 Å². The first kappa shape index (κ1) is 43.8. The molecule has 0 aliphatic carbocycles. The standard InChI is InChI=1S/C36H23NO.C36H23NS/c2*1-2-8-24(9-3-1)25-14-18-28(19-15-25)37-33-12-6-4-10-29(33)31-22-26(16-20-34(31)37)27-17-21-36-32(23-27)30-11-5-7-13-35(30)38-36/h2*1-23H. The number of rotatable bonds is 6. The Kier molecular flexibility index (Phi) is 10.4. The van der Waals surface area contributed by atoms with Crippen LogP contribution >= 0.6 is 11.3 Å². The van der Waals surface area contributed by atoms with Crippen LogP contribution in [0.15, 0.2) is 283 Å². The summed E-state index contributed by atoms with van der Waals surface area (Å²) in [6.07, 6.45) is 0. The van der Waals surface area contributed by atoms with Crippen LogP contribution in [0.3, 0.4) is 0 Å². The lowest BCUT2D eigenvalue weighted by atomic mass is 10.0. The molecule has 0 fully saturated rings. The molecule has 16 aromatic rings. The van der Waals surface area contributed by atoms with Crippen molar-refractivity contribution in [2.24, 2.45) is 0 Å². The summed E-state index contributed by atoms with van der Waals surface area (Å²) in [5, 5.41) is 10.0. The normalized spacial score (nSPS) is 11.7. The van der Waals surface area contributed by atoms with Crippen molar-refractivity contribution in [3.8, 4) is 55.9 Å². The van der Waals surface area contributed by atoms with E-state index in [9.17, 15) is 0 Å². The molecule has 0 aliphatic rings. The van der Waals surface area contributed by atoms with Gasteiger partial charge < -0.3 is 13.6 Å². The molecule has 4 heteroatoms. The van der Waals surface area contributed by atoms with Crippen LogP contribution in [0.5, 0.6) is 0 Å². The van der Waals surface area contributed by atoms with E-state index in [4.69, 9.17) is 4.42 Å². The van der Waals surface area contributed by atoms with Gasteiger partial charge in [-0.1, -0.05) is 182 Å². The first-order valence-electron chi connectivity index (χ1n) is 25.9. The Bertz CT molecular complexity index is 4540. The second-order valence-electron chi connectivity index (χ2n) is 19.6.